The van der Waals surface area contributed by atoms with Crippen molar-refractivity contribution in [1.82, 2.24) is 10.2 Å². The van der Waals surface area contributed by atoms with Gasteiger partial charge in [0.1, 0.15) is 0 Å². The average molecular weight is 303 g/mol. The van der Waals surface area contributed by atoms with E-state index < -0.39 is 0 Å². The van der Waals surface area contributed by atoms with Crippen molar-refractivity contribution >= 4 is 35.4 Å². The first-order valence-corrected chi connectivity index (χ1v) is 7.06. The van der Waals surface area contributed by atoms with Crippen LogP contribution in [-0.4, -0.2) is 42.8 Å². The van der Waals surface area contributed by atoms with Gasteiger partial charge in [-0.1, -0.05) is 0 Å². The first-order valence-electron chi connectivity index (χ1n) is 6.18. The van der Waals surface area contributed by atoms with Crippen LogP contribution in [0.3, 0.4) is 0 Å². The Labute approximate surface area is 123 Å². The number of hydrogen-bond donors (Lipinski definition) is 1. The fourth-order valence-corrected chi connectivity index (χ4v) is 3.23. The molecule has 2 rings (SSSR count). The van der Waals surface area contributed by atoms with Gasteiger partial charge in [-0.3, -0.25) is 9.59 Å². The second-order valence-electron chi connectivity index (χ2n) is 4.61. The second-order valence-corrected chi connectivity index (χ2v) is 5.52. The molecule has 0 radical (unpaired) electrons. The molecule has 1 aromatic rings. The Hall–Kier alpha value is -0.910. The van der Waals surface area contributed by atoms with E-state index in [0.29, 0.717) is 10.4 Å². The van der Waals surface area contributed by atoms with Crippen molar-refractivity contribution in [1.29, 1.82) is 0 Å². The molecular formula is C13H19ClN2O2S. The minimum atomic E-state index is 0. The molecule has 6 heteroatoms. The number of thiophene rings is 1. The van der Waals surface area contributed by atoms with Gasteiger partial charge < -0.3 is 10.2 Å². The molecule has 1 aliphatic rings. The summed E-state index contributed by atoms with van der Waals surface area (Å²) in [7, 11) is 1.90. The first kappa shape index (κ1) is 16.1. The zero-order chi connectivity index (χ0) is 13.1. The van der Waals surface area contributed by atoms with E-state index in [9.17, 15) is 9.59 Å². The lowest BCUT2D eigenvalue weighted by atomic mass is 10.2. The lowest BCUT2D eigenvalue weighted by molar-refractivity contribution is 0.0742. The van der Waals surface area contributed by atoms with Crippen LogP contribution in [0.2, 0.25) is 0 Å². The van der Waals surface area contributed by atoms with Crippen LogP contribution in [0.15, 0.2) is 11.4 Å². The third-order valence-electron chi connectivity index (χ3n) is 3.29. The van der Waals surface area contributed by atoms with Crippen molar-refractivity contribution in [3.63, 3.8) is 0 Å². The van der Waals surface area contributed by atoms with E-state index in [1.807, 2.05) is 11.9 Å². The van der Waals surface area contributed by atoms with Gasteiger partial charge in [0, 0.05) is 30.1 Å². The largest absolute Gasteiger partial charge is 0.334 e. The molecule has 2 heterocycles. The van der Waals surface area contributed by atoms with Crippen molar-refractivity contribution in [3.05, 3.63) is 21.9 Å². The van der Waals surface area contributed by atoms with Crippen LogP contribution in [0, 0.1) is 0 Å². The Balaban J connectivity index is 0.00000180. The summed E-state index contributed by atoms with van der Waals surface area (Å²) in [5.74, 6) is 0.0729. The van der Waals surface area contributed by atoms with Crippen LogP contribution in [0.4, 0.5) is 0 Å². The molecule has 19 heavy (non-hydrogen) atoms. The standard InChI is InChI=1S/C13H18N2O2S.ClH/c1-9(16)10-6-12(18-8-10)13(17)15-5-3-4-11(15)7-14-2;/h6,8,11,14H,3-5,7H2,1-2H3;1H. The summed E-state index contributed by atoms with van der Waals surface area (Å²) in [6.45, 7) is 3.17. The van der Waals surface area contributed by atoms with E-state index in [1.165, 1.54) is 18.3 Å². The van der Waals surface area contributed by atoms with Gasteiger partial charge >= 0.3 is 0 Å². The van der Waals surface area contributed by atoms with E-state index in [2.05, 4.69) is 5.32 Å². The Kier molecular flexibility index (Phi) is 5.97. The summed E-state index contributed by atoms with van der Waals surface area (Å²) in [5.41, 5.74) is 0.632. The quantitative estimate of drug-likeness (QED) is 0.868. The third-order valence-corrected chi connectivity index (χ3v) is 4.21. The van der Waals surface area contributed by atoms with Gasteiger partial charge in [0.05, 0.1) is 4.88 Å². The fourth-order valence-electron chi connectivity index (χ4n) is 2.33. The van der Waals surface area contributed by atoms with Gasteiger partial charge in [0.2, 0.25) is 0 Å². The molecular weight excluding hydrogens is 284 g/mol. The minimum absolute atomic E-state index is 0. The Morgan fingerprint density at radius 3 is 2.84 bits per heavy atom. The number of nitrogens with zero attached hydrogens (tertiary/aromatic N) is 1. The molecule has 1 aliphatic heterocycles. The lowest BCUT2D eigenvalue weighted by Gasteiger charge is -2.23. The van der Waals surface area contributed by atoms with E-state index in [0.717, 1.165) is 25.9 Å². The molecule has 106 valence electrons. The maximum Gasteiger partial charge on any atom is 0.264 e. The highest BCUT2D eigenvalue weighted by Crippen LogP contribution is 2.23. The normalized spacial score (nSPS) is 18.2. The van der Waals surface area contributed by atoms with Crippen molar-refractivity contribution < 1.29 is 9.59 Å². The summed E-state index contributed by atoms with van der Waals surface area (Å²) in [6, 6.07) is 2.00. The van der Waals surface area contributed by atoms with Crippen molar-refractivity contribution in [2.75, 3.05) is 20.1 Å². The molecule has 1 amide bonds. The summed E-state index contributed by atoms with van der Waals surface area (Å²) in [4.78, 5) is 26.2. The molecule has 1 unspecified atom stereocenters. The maximum atomic E-state index is 12.4. The zero-order valence-electron chi connectivity index (χ0n) is 11.1. The topological polar surface area (TPSA) is 49.4 Å². The number of carbonyl (C=O) groups excluding carboxylic acids is 2. The first-order chi connectivity index (χ1) is 8.63. The summed E-state index contributed by atoms with van der Waals surface area (Å²) >= 11 is 1.36. The SMILES string of the molecule is CNCC1CCCN1C(=O)c1cc(C(C)=O)cs1.Cl. The molecule has 1 fully saturated rings. The summed E-state index contributed by atoms with van der Waals surface area (Å²) in [6.07, 6.45) is 2.11. The maximum absolute atomic E-state index is 12.4. The monoisotopic (exact) mass is 302 g/mol. The molecule has 4 nitrogen and oxygen atoms in total. The van der Waals surface area contributed by atoms with E-state index in [-0.39, 0.29) is 30.1 Å². The number of ketones is 1. The summed E-state index contributed by atoms with van der Waals surface area (Å²) in [5, 5.41) is 4.89. The number of hydrogen-bond acceptors (Lipinski definition) is 4. The van der Waals surface area contributed by atoms with Gasteiger partial charge in [0.25, 0.3) is 5.91 Å². The predicted octanol–water partition coefficient (Wildman–Crippen LogP) is 2.20. The van der Waals surface area contributed by atoms with Gasteiger partial charge in [-0.25, -0.2) is 0 Å². The highest BCUT2D eigenvalue weighted by Gasteiger charge is 2.29. The average Bonchev–Trinajstić information content (AvgIpc) is 2.97. The molecule has 0 aromatic carbocycles. The Morgan fingerprint density at radius 1 is 1.53 bits per heavy atom. The van der Waals surface area contributed by atoms with Crippen LogP contribution >= 0.6 is 23.7 Å². The highest BCUT2D eigenvalue weighted by molar-refractivity contribution is 7.12. The number of halogens is 1. The number of carbonyl (C=O) groups is 2. The van der Waals surface area contributed by atoms with Gasteiger partial charge in [-0.2, -0.15) is 0 Å². The van der Waals surface area contributed by atoms with Gasteiger partial charge in [-0.15, -0.1) is 23.7 Å². The smallest absolute Gasteiger partial charge is 0.264 e. The zero-order valence-corrected chi connectivity index (χ0v) is 12.8. The molecule has 0 bridgehead atoms. The molecule has 1 N–H and O–H groups in total. The third kappa shape index (κ3) is 3.55. The highest BCUT2D eigenvalue weighted by atomic mass is 35.5. The van der Waals surface area contributed by atoms with E-state index in [1.54, 1.807) is 11.4 Å². The number of amides is 1. The molecule has 0 aliphatic carbocycles. The van der Waals surface area contributed by atoms with Crippen molar-refractivity contribution in [2.24, 2.45) is 0 Å². The predicted molar refractivity (Wildman–Crippen MR) is 79.6 cm³/mol. The van der Waals surface area contributed by atoms with Gasteiger partial charge in [-0.05, 0) is 32.9 Å². The van der Waals surface area contributed by atoms with E-state index >= 15 is 0 Å². The number of likely N-dealkylation sites (N-methyl/N-ethyl adjacent to an activating group) is 1. The molecule has 0 spiro atoms. The van der Waals surface area contributed by atoms with Crippen LogP contribution in [0.5, 0.6) is 0 Å². The van der Waals surface area contributed by atoms with E-state index in [4.69, 9.17) is 0 Å². The molecule has 0 saturated carbocycles. The number of nitrogens with one attached hydrogen (secondary N) is 1. The van der Waals surface area contributed by atoms with Crippen LogP contribution in [-0.2, 0) is 0 Å². The Morgan fingerprint density at radius 2 is 2.26 bits per heavy atom. The second kappa shape index (κ2) is 7.03. The van der Waals surface area contributed by atoms with Crippen LogP contribution in [0.25, 0.3) is 0 Å². The summed E-state index contributed by atoms with van der Waals surface area (Å²) < 4.78 is 0. The van der Waals surface area contributed by atoms with Crippen molar-refractivity contribution in [3.8, 4) is 0 Å². The number of likely N-dealkylation sites (tertiary alicyclic amines) is 1. The van der Waals surface area contributed by atoms with Crippen LogP contribution in [0.1, 0.15) is 39.8 Å². The molecule has 1 saturated heterocycles. The lowest BCUT2D eigenvalue weighted by Crippen LogP contribution is -2.40. The molecule has 1 atom stereocenters. The number of rotatable bonds is 4. The van der Waals surface area contributed by atoms with Crippen molar-refractivity contribution in [2.45, 2.75) is 25.8 Å². The molecule has 1 aromatic heterocycles. The minimum Gasteiger partial charge on any atom is -0.334 e. The number of Topliss-reactive ketones (excluding diaryl/α,β-unsaturated/α-hetero) is 1. The fraction of sp³-hybridized carbons (Fsp3) is 0.538. The van der Waals surface area contributed by atoms with Gasteiger partial charge in [0.15, 0.2) is 5.78 Å². The van der Waals surface area contributed by atoms with Crippen LogP contribution < -0.4 is 5.32 Å². The Bertz CT molecular complexity index is 461.